The standard InChI is InChI=1S/C18H13N3O5S/c22-12-9-14(26-13-4-2-1-3-10(12)13)16(23)19-6-7-21-17(24)15-11(5-8-27-15)20-18(21)25/h1-5,8-9,15H,6-7H2,(H,19,23). The molecule has 3 heterocycles. The van der Waals surface area contributed by atoms with Gasteiger partial charge in [-0.3, -0.25) is 19.3 Å². The first-order chi connectivity index (χ1) is 13.0. The summed E-state index contributed by atoms with van der Waals surface area (Å²) in [6, 6.07) is 7.09. The Bertz CT molecular complexity index is 1090. The van der Waals surface area contributed by atoms with E-state index in [1.807, 2.05) is 0 Å². The molecule has 1 N–H and O–H groups in total. The molecule has 9 heteroatoms. The van der Waals surface area contributed by atoms with E-state index in [0.717, 1.165) is 11.0 Å². The van der Waals surface area contributed by atoms with Gasteiger partial charge in [-0.2, -0.15) is 4.99 Å². The van der Waals surface area contributed by atoms with Gasteiger partial charge < -0.3 is 9.73 Å². The van der Waals surface area contributed by atoms with Crippen LogP contribution in [0.25, 0.3) is 11.0 Å². The Balaban J connectivity index is 1.42. The van der Waals surface area contributed by atoms with Gasteiger partial charge in [-0.25, -0.2) is 4.79 Å². The molecule has 1 aromatic carbocycles. The van der Waals surface area contributed by atoms with Crippen LogP contribution in [0.15, 0.2) is 56.0 Å². The van der Waals surface area contributed by atoms with Gasteiger partial charge in [0.1, 0.15) is 10.8 Å². The number of hydrogen-bond acceptors (Lipinski definition) is 6. The van der Waals surface area contributed by atoms with Gasteiger partial charge in [0.05, 0.1) is 11.1 Å². The minimum absolute atomic E-state index is 0.0164. The fraction of sp³-hybridized carbons (Fsp3) is 0.167. The lowest BCUT2D eigenvalue weighted by atomic mass is 10.2. The van der Waals surface area contributed by atoms with Crippen molar-refractivity contribution in [3.05, 3.63) is 57.8 Å². The lowest BCUT2D eigenvalue weighted by Crippen LogP contribution is -2.49. The van der Waals surface area contributed by atoms with E-state index in [2.05, 4.69) is 10.3 Å². The normalized spacial score (nSPS) is 18.6. The van der Waals surface area contributed by atoms with Crippen LogP contribution in [0.1, 0.15) is 10.6 Å². The largest absolute Gasteiger partial charge is 0.451 e. The maximum atomic E-state index is 12.3. The van der Waals surface area contributed by atoms with E-state index in [9.17, 15) is 19.2 Å². The Morgan fingerprint density at radius 3 is 2.93 bits per heavy atom. The lowest BCUT2D eigenvalue weighted by Gasteiger charge is -2.25. The molecule has 0 bridgehead atoms. The summed E-state index contributed by atoms with van der Waals surface area (Å²) < 4.78 is 5.45. The average Bonchev–Trinajstić information content (AvgIpc) is 3.12. The molecule has 4 rings (SSSR count). The molecule has 2 aliphatic heterocycles. The van der Waals surface area contributed by atoms with Gasteiger partial charge >= 0.3 is 6.03 Å². The van der Waals surface area contributed by atoms with E-state index < -0.39 is 17.2 Å². The van der Waals surface area contributed by atoms with Crippen LogP contribution in [0.2, 0.25) is 0 Å². The molecule has 0 aliphatic carbocycles. The van der Waals surface area contributed by atoms with Crippen LogP contribution in [-0.4, -0.2) is 46.8 Å². The van der Waals surface area contributed by atoms with Crippen LogP contribution in [0.4, 0.5) is 4.79 Å². The van der Waals surface area contributed by atoms with Gasteiger partial charge in [-0.15, -0.1) is 11.8 Å². The molecule has 27 heavy (non-hydrogen) atoms. The second-order valence-electron chi connectivity index (χ2n) is 5.85. The SMILES string of the molecule is O=C(NCCN1C(=O)N=C2C=CSC2C1=O)c1cc(=O)c2ccccc2o1. The first kappa shape index (κ1) is 17.2. The summed E-state index contributed by atoms with van der Waals surface area (Å²) in [6.07, 6.45) is 1.64. The van der Waals surface area contributed by atoms with Crippen LogP contribution in [0.3, 0.4) is 0 Å². The van der Waals surface area contributed by atoms with Crippen LogP contribution < -0.4 is 10.7 Å². The molecule has 1 atom stereocenters. The number of rotatable bonds is 4. The zero-order chi connectivity index (χ0) is 19.0. The van der Waals surface area contributed by atoms with Crippen molar-refractivity contribution in [1.82, 2.24) is 10.2 Å². The fourth-order valence-corrected chi connectivity index (χ4v) is 3.71. The molecule has 0 saturated carbocycles. The zero-order valence-corrected chi connectivity index (χ0v) is 14.7. The molecule has 1 unspecified atom stereocenters. The summed E-state index contributed by atoms with van der Waals surface area (Å²) >= 11 is 1.29. The minimum Gasteiger partial charge on any atom is -0.451 e. The number of thioether (sulfide) groups is 1. The second kappa shape index (κ2) is 6.84. The number of carbonyl (C=O) groups excluding carboxylic acids is 3. The van der Waals surface area contributed by atoms with E-state index in [4.69, 9.17) is 4.42 Å². The topological polar surface area (TPSA) is 109 Å². The van der Waals surface area contributed by atoms with Crippen molar-refractivity contribution < 1.29 is 18.8 Å². The van der Waals surface area contributed by atoms with Gasteiger partial charge in [0, 0.05) is 19.2 Å². The van der Waals surface area contributed by atoms with E-state index in [-0.39, 0.29) is 30.2 Å². The molecule has 0 saturated heterocycles. The molecule has 2 aliphatic rings. The third-order valence-electron chi connectivity index (χ3n) is 4.15. The number of aliphatic imine (C=N–C) groups is 1. The highest BCUT2D eigenvalue weighted by Gasteiger charge is 2.38. The molecule has 0 radical (unpaired) electrons. The van der Waals surface area contributed by atoms with Gasteiger partial charge in [0.15, 0.2) is 11.2 Å². The average molecular weight is 383 g/mol. The zero-order valence-electron chi connectivity index (χ0n) is 13.9. The summed E-state index contributed by atoms with van der Waals surface area (Å²) in [4.78, 5) is 53.5. The van der Waals surface area contributed by atoms with Gasteiger partial charge in [0.25, 0.3) is 5.91 Å². The van der Waals surface area contributed by atoms with Gasteiger partial charge in [-0.1, -0.05) is 12.1 Å². The van der Waals surface area contributed by atoms with Crippen molar-refractivity contribution in [3.8, 4) is 0 Å². The highest BCUT2D eigenvalue weighted by molar-refractivity contribution is 8.04. The lowest BCUT2D eigenvalue weighted by molar-refractivity contribution is -0.126. The Morgan fingerprint density at radius 1 is 1.26 bits per heavy atom. The number of nitrogens with zero attached hydrogens (tertiary/aromatic N) is 2. The quantitative estimate of drug-likeness (QED) is 0.858. The highest BCUT2D eigenvalue weighted by Crippen LogP contribution is 2.27. The third kappa shape index (κ3) is 3.17. The van der Waals surface area contributed by atoms with Crippen LogP contribution in [0, 0.1) is 0 Å². The second-order valence-corrected chi connectivity index (χ2v) is 6.87. The molecule has 4 amide bonds. The molecule has 2 aromatic rings. The van der Waals surface area contributed by atoms with E-state index in [0.29, 0.717) is 16.7 Å². The van der Waals surface area contributed by atoms with Crippen molar-refractivity contribution in [2.45, 2.75) is 5.25 Å². The van der Waals surface area contributed by atoms with Crippen molar-refractivity contribution in [3.63, 3.8) is 0 Å². The number of hydrogen-bond donors (Lipinski definition) is 1. The van der Waals surface area contributed by atoms with E-state index >= 15 is 0 Å². The van der Waals surface area contributed by atoms with E-state index in [1.54, 1.807) is 35.7 Å². The summed E-state index contributed by atoms with van der Waals surface area (Å²) in [5, 5.41) is 4.16. The minimum atomic E-state index is -0.648. The Hall–Kier alpha value is -3.20. The Morgan fingerprint density at radius 2 is 2.07 bits per heavy atom. The number of fused-ring (bicyclic) bond motifs is 2. The maximum Gasteiger partial charge on any atom is 0.350 e. The van der Waals surface area contributed by atoms with Gasteiger partial charge in [-0.05, 0) is 23.6 Å². The summed E-state index contributed by atoms with van der Waals surface area (Å²) in [6.45, 7) is -0.00240. The Kier molecular flexibility index (Phi) is 4.36. The number of benzene rings is 1. The summed E-state index contributed by atoms with van der Waals surface area (Å²) in [5.41, 5.74) is 0.438. The first-order valence-electron chi connectivity index (χ1n) is 8.11. The van der Waals surface area contributed by atoms with Crippen LogP contribution in [0.5, 0.6) is 0 Å². The number of nitrogens with one attached hydrogen (secondary N) is 1. The fourth-order valence-electron chi connectivity index (χ4n) is 2.82. The Labute approximate surface area is 156 Å². The smallest absolute Gasteiger partial charge is 0.350 e. The number of urea groups is 1. The number of allylic oxidation sites excluding steroid dienone is 1. The molecule has 0 fully saturated rings. The van der Waals surface area contributed by atoms with Crippen molar-refractivity contribution in [2.24, 2.45) is 4.99 Å². The molecule has 1 aromatic heterocycles. The monoisotopic (exact) mass is 383 g/mol. The number of amides is 4. The first-order valence-corrected chi connectivity index (χ1v) is 9.06. The number of carbonyl (C=O) groups is 3. The summed E-state index contributed by atoms with van der Waals surface area (Å²) in [7, 11) is 0. The maximum absolute atomic E-state index is 12.3. The third-order valence-corrected chi connectivity index (χ3v) is 5.16. The predicted molar refractivity (Wildman–Crippen MR) is 99.9 cm³/mol. The van der Waals surface area contributed by atoms with Crippen molar-refractivity contribution in [2.75, 3.05) is 13.1 Å². The molecule has 8 nitrogen and oxygen atoms in total. The van der Waals surface area contributed by atoms with Crippen molar-refractivity contribution >= 4 is 46.3 Å². The molecule has 136 valence electrons. The predicted octanol–water partition coefficient (Wildman–Crippen LogP) is 1.56. The molecular weight excluding hydrogens is 370 g/mol. The molecule has 0 spiro atoms. The van der Waals surface area contributed by atoms with Gasteiger partial charge in [0.2, 0.25) is 5.91 Å². The highest BCUT2D eigenvalue weighted by atomic mass is 32.2. The van der Waals surface area contributed by atoms with Crippen LogP contribution in [-0.2, 0) is 4.79 Å². The number of imide groups is 1. The van der Waals surface area contributed by atoms with Crippen LogP contribution >= 0.6 is 11.8 Å². The van der Waals surface area contributed by atoms with Crippen molar-refractivity contribution in [1.29, 1.82) is 0 Å². The molecular formula is C18H13N3O5S. The summed E-state index contributed by atoms with van der Waals surface area (Å²) in [5.74, 6) is -1.09. The number of para-hydroxylation sites is 1. The van der Waals surface area contributed by atoms with E-state index in [1.165, 1.54) is 11.8 Å².